The number of nitrogens with zero attached hydrogens (tertiary/aromatic N) is 2. The first-order valence-corrected chi connectivity index (χ1v) is 8.60. The van der Waals surface area contributed by atoms with E-state index in [0.717, 1.165) is 12.1 Å². The monoisotopic (exact) mass is 375 g/mol. The predicted octanol–water partition coefficient (Wildman–Crippen LogP) is 1.80. The van der Waals surface area contributed by atoms with Crippen molar-refractivity contribution in [3.63, 3.8) is 0 Å². The lowest BCUT2D eigenvalue weighted by molar-refractivity contribution is -0.137. The average molecular weight is 375 g/mol. The summed E-state index contributed by atoms with van der Waals surface area (Å²) in [6, 6.07) is 4.11. The van der Waals surface area contributed by atoms with Gasteiger partial charge in [0.05, 0.1) is 17.1 Å². The van der Waals surface area contributed by atoms with Crippen LogP contribution in [0.1, 0.15) is 22.5 Å². The lowest BCUT2D eigenvalue weighted by Gasteiger charge is -2.13. The van der Waals surface area contributed by atoms with Gasteiger partial charge in [0.15, 0.2) is 5.69 Å². The number of hydrogen-bond acceptors (Lipinski definition) is 5. The topological polar surface area (TPSA) is 90.3 Å². The Bertz CT molecular complexity index is 881. The lowest BCUT2D eigenvalue weighted by atomic mass is 10.2. The number of aryl methyl sites for hydroxylation is 1. The third kappa shape index (κ3) is 3.60. The van der Waals surface area contributed by atoms with Crippen molar-refractivity contribution in [1.82, 2.24) is 14.5 Å². The maximum absolute atomic E-state index is 12.5. The van der Waals surface area contributed by atoms with Gasteiger partial charge in [-0.1, -0.05) is 0 Å². The Morgan fingerprint density at radius 3 is 2.52 bits per heavy atom. The fraction of sp³-hybridized carbons (Fsp3) is 0.286. The molecule has 0 radical (unpaired) electrons. The van der Waals surface area contributed by atoms with Gasteiger partial charge in [0.1, 0.15) is 0 Å². The van der Waals surface area contributed by atoms with Crippen molar-refractivity contribution in [3.8, 4) is 5.88 Å². The Kier molecular flexibility index (Phi) is 4.19. The van der Waals surface area contributed by atoms with Crippen molar-refractivity contribution in [1.29, 1.82) is 0 Å². The van der Waals surface area contributed by atoms with Gasteiger partial charge in [-0.25, -0.2) is 17.8 Å². The molecule has 1 aromatic carbocycles. The van der Waals surface area contributed by atoms with E-state index in [-0.39, 0.29) is 5.69 Å². The van der Waals surface area contributed by atoms with Gasteiger partial charge in [-0.3, -0.25) is 4.79 Å². The highest BCUT2D eigenvalue weighted by atomic mass is 32.2. The standard InChI is InChI=1S/C14H12F3N3O4S/c15-14(16,17)9-2-4-10(5-3-9)25(22,23)19-13(21)11-8-12-20(18-11)6-1-7-24-12/h2-5,8H,1,6-7H2,(H,19,21). The van der Waals surface area contributed by atoms with Crippen LogP contribution < -0.4 is 9.46 Å². The van der Waals surface area contributed by atoms with Crippen LogP contribution in [-0.2, 0) is 22.7 Å². The van der Waals surface area contributed by atoms with Crippen LogP contribution >= 0.6 is 0 Å². The molecule has 1 aliphatic rings. The molecule has 25 heavy (non-hydrogen) atoms. The first-order chi connectivity index (χ1) is 11.7. The molecule has 0 spiro atoms. The van der Waals surface area contributed by atoms with Crippen LogP contribution in [0.25, 0.3) is 0 Å². The number of benzene rings is 1. The molecule has 11 heteroatoms. The van der Waals surface area contributed by atoms with E-state index in [9.17, 15) is 26.4 Å². The third-order valence-corrected chi connectivity index (χ3v) is 4.81. The van der Waals surface area contributed by atoms with E-state index in [4.69, 9.17) is 4.74 Å². The summed E-state index contributed by atoms with van der Waals surface area (Å²) in [4.78, 5) is 11.6. The number of ether oxygens (including phenoxy) is 1. The number of aromatic nitrogens is 2. The van der Waals surface area contributed by atoms with Gasteiger partial charge in [0.25, 0.3) is 15.9 Å². The quantitative estimate of drug-likeness (QED) is 0.884. The van der Waals surface area contributed by atoms with E-state index in [2.05, 4.69) is 5.10 Å². The van der Waals surface area contributed by atoms with Crippen molar-refractivity contribution in [3.05, 3.63) is 41.6 Å². The molecule has 1 N–H and O–H groups in total. The number of carbonyl (C=O) groups is 1. The first kappa shape index (κ1) is 17.3. The van der Waals surface area contributed by atoms with E-state index in [1.165, 1.54) is 10.7 Å². The Hall–Kier alpha value is -2.56. The molecule has 0 aliphatic carbocycles. The van der Waals surface area contributed by atoms with Crippen molar-refractivity contribution >= 4 is 15.9 Å². The summed E-state index contributed by atoms with van der Waals surface area (Å²) in [5, 5.41) is 3.94. The van der Waals surface area contributed by atoms with Crippen LogP contribution in [0.4, 0.5) is 13.2 Å². The molecule has 0 atom stereocenters. The van der Waals surface area contributed by atoms with E-state index >= 15 is 0 Å². The zero-order valence-corrected chi connectivity index (χ0v) is 13.4. The van der Waals surface area contributed by atoms with E-state index in [0.29, 0.717) is 37.6 Å². The minimum Gasteiger partial charge on any atom is -0.478 e. The number of sulfonamides is 1. The molecule has 0 saturated carbocycles. The second-order valence-corrected chi connectivity index (χ2v) is 6.93. The molecule has 7 nitrogen and oxygen atoms in total. The van der Waals surface area contributed by atoms with Gasteiger partial charge in [0, 0.05) is 19.0 Å². The van der Waals surface area contributed by atoms with Gasteiger partial charge in [-0.2, -0.15) is 18.3 Å². The van der Waals surface area contributed by atoms with Crippen LogP contribution in [0.3, 0.4) is 0 Å². The Morgan fingerprint density at radius 2 is 1.92 bits per heavy atom. The summed E-state index contributed by atoms with van der Waals surface area (Å²) in [5.74, 6) is -0.645. The highest BCUT2D eigenvalue weighted by molar-refractivity contribution is 7.90. The molecule has 0 unspecified atom stereocenters. The molecule has 0 fully saturated rings. The van der Waals surface area contributed by atoms with Crippen LogP contribution in [-0.4, -0.2) is 30.7 Å². The van der Waals surface area contributed by atoms with E-state index in [1.807, 2.05) is 0 Å². The number of fused-ring (bicyclic) bond motifs is 1. The minimum absolute atomic E-state index is 0.160. The normalized spacial score (nSPS) is 14.5. The van der Waals surface area contributed by atoms with E-state index in [1.54, 1.807) is 4.72 Å². The SMILES string of the molecule is O=C(NS(=O)(=O)c1ccc(C(F)(F)F)cc1)c1cc2n(n1)CCCO2. The van der Waals surface area contributed by atoms with Crippen LogP contribution in [0.2, 0.25) is 0 Å². The Labute approximate surface area is 140 Å². The highest BCUT2D eigenvalue weighted by Crippen LogP contribution is 2.29. The second-order valence-electron chi connectivity index (χ2n) is 5.25. The molecule has 0 bridgehead atoms. The molecule has 1 amide bonds. The predicted molar refractivity (Wildman–Crippen MR) is 78.4 cm³/mol. The lowest BCUT2D eigenvalue weighted by Crippen LogP contribution is -2.31. The smallest absolute Gasteiger partial charge is 0.416 e. The average Bonchev–Trinajstić information content (AvgIpc) is 2.98. The van der Waals surface area contributed by atoms with E-state index < -0.39 is 32.6 Å². The molecule has 0 saturated heterocycles. The van der Waals surface area contributed by atoms with Gasteiger partial charge in [-0.05, 0) is 24.3 Å². The molecule has 3 rings (SSSR count). The van der Waals surface area contributed by atoms with Crippen LogP contribution in [0, 0.1) is 0 Å². The zero-order chi connectivity index (χ0) is 18.2. The largest absolute Gasteiger partial charge is 0.478 e. The number of nitrogens with one attached hydrogen (secondary N) is 1. The fourth-order valence-corrected chi connectivity index (χ4v) is 3.20. The maximum Gasteiger partial charge on any atom is 0.416 e. The molecule has 1 aliphatic heterocycles. The summed E-state index contributed by atoms with van der Waals surface area (Å²) in [5.41, 5.74) is -1.15. The highest BCUT2D eigenvalue weighted by Gasteiger charge is 2.31. The van der Waals surface area contributed by atoms with Crippen molar-refractivity contribution in [2.45, 2.75) is 24.0 Å². The van der Waals surface area contributed by atoms with Gasteiger partial charge in [-0.15, -0.1) is 0 Å². The number of carbonyl (C=O) groups excluding carboxylic acids is 1. The number of amides is 1. The van der Waals surface area contributed by atoms with Crippen LogP contribution in [0.5, 0.6) is 5.88 Å². The maximum atomic E-state index is 12.5. The third-order valence-electron chi connectivity index (χ3n) is 3.46. The summed E-state index contributed by atoms with van der Waals surface area (Å²) in [6.45, 7) is 1.00. The zero-order valence-electron chi connectivity index (χ0n) is 12.6. The van der Waals surface area contributed by atoms with Gasteiger partial charge >= 0.3 is 6.18 Å². The van der Waals surface area contributed by atoms with Crippen molar-refractivity contribution in [2.75, 3.05) is 6.61 Å². The first-order valence-electron chi connectivity index (χ1n) is 7.12. The number of rotatable bonds is 3. The minimum atomic E-state index is -4.58. The molecular formula is C14H12F3N3O4S. The summed E-state index contributed by atoms with van der Waals surface area (Å²) in [6.07, 6.45) is -3.87. The van der Waals surface area contributed by atoms with Crippen molar-refractivity contribution < 1.29 is 31.1 Å². The number of hydrogen-bond donors (Lipinski definition) is 1. The molecule has 134 valence electrons. The summed E-state index contributed by atoms with van der Waals surface area (Å²) >= 11 is 0. The number of halogens is 3. The summed E-state index contributed by atoms with van der Waals surface area (Å²) < 4.78 is 70.3. The second kappa shape index (κ2) is 6.06. The summed E-state index contributed by atoms with van der Waals surface area (Å²) in [7, 11) is -4.33. The molecule has 2 heterocycles. The molecular weight excluding hydrogens is 363 g/mol. The number of alkyl halides is 3. The molecule has 2 aromatic rings. The van der Waals surface area contributed by atoms with Crippen molar-refractivity contribution in [2.24, 2.45) is 0 Å². The molecule has 1 aromatic heterocycles. The Morgan fingerprint density at radius 1 is 1.24 bits per heavy atom. The fourth-order valence-electron chi connectivity index (χ4n) is 2.23. The van der Waals surface area contributed by atoms with Crippen LogP contribution in [0.15, 0.2) is 35.2 Å². The van der Waals surface area contributed by atoms with Gasteiger partial charge < -0.3 is 4.74 Å². The Balaban J connectivity index is 1.79. The van der Waals surface area contributed by atoms with Gasteiger partial charge in [0.2, 0.25) is 5.88 Å².